The Bertz CT molecular complexity index is 174. The van der Waals surface area contributed by atoms with Crippen LogP contribution in [-0.4, -0.2) is 12.6 Å². The number of nitrogens with two attached hydrogens (primary N) is 1. The number of unbranched alkanes of at least 4 members (excludes halogenated alkanes) is 1. The number of hydrogen-bond acceptors (Lipinski definition) is 4. The van der Waals surface area contributed by atoms with E-state index in [-0.39, 0.29) is 31.0 Å². The van der Waals surface area contributed by atoms with Gasteiger partial charge in [0.2, 0.25) is 0 Å². The molecule has 6 nitrogen and oxygen atoms in total. The first-order valence-corrected chi connectivity index (χ1v) is 4.59. The normalized spacial score (nSPS) is 10.1. The Hall–Kier alpha value is 0.290. The fourth-order valence-corrected chi connectivity index (χ4v) is 0.887. The zero-order valence-corrected chi connectivity index (χ0v) is 10.7. The number of carbonyl (C=O) groups is 1. The van der Waals surface area contributed by atoms with Crippen molar-refractivity contribution in [3.8, 4) is 0 Å². The van der Waals surface area contributed by atoms with Gasteiger partial charge in [0, 0.05) is 9.19 Å². The molecule has 0 bridgehead atoms. The number of hydroxylamine groups is 1. The van der Waals surface area contributed by atoms with E-state index in [0.717, 1.165) is 12.8 Å². The predicted octanol–water partition coefficient (Wildman–Crippen LogP) is -1.82. The summed E-state index contributed by atoms with van der Waals surface area (Å²) in [7, 11) is -2.29. The molecule has 0 aromatic heterocycles. The number of carbonyl (C=O) groups excluding carboxylic acids is 1. The van der Waals surface area contributed by atoms with Gasteiger partial charge >= 0.3 is 43.8 Å². The van der Waals surface area contributed by atoms with Gasteiger partial charge in [-0.25, -0.2) is 4.79 Å². The second-order valence-corrected chi connectivity index (χ2v) is 2.86. The van der Waals surface area contributed by atoms with Crippen molar-refractivity contribution in [2.45, 2.75) is 19.8 Å². The SMILES string of the molecule is CCCCO[P+](=O)ONC(N)=O.[H-].[Na+]. The molecule has 0 heterocycles. The standard InChI is InChI=1S/C5H11N2O4P.Na.H/c1-2-3-4-10-12(9)11-7-5(6)8;;/h2-4H2,1H3,(H2-,6,7,8);;/q;+1;-1/p+1. The van der Waals surface area contributed by atoms with Gasteiger partial charge in [-0.2, -0.15) is 5.48 Å². The van der Waals surface area contributed by atoms with Crippen LogP contribution in [0.3, 0.4) is 0 Å². The van der Waals surface area contributed by atoms with Crippen LogP contribution in [0.2, 0.25) is 0 Å². The van der Waals surface area contributed by atoms with Crippen LogP contribution >= 0.6 is 8.25 Å². The van der Waals surface area contributed by atoms with Crippen molar-refractivity contribution >= 4 is 14.3 Å². The Kier molecular flexibility index (Phi) is 12.6. The summed E-state index contributed by atoms with van der Waals surface area (Å²) in [6.45, 7) is 2.31. The Morgan fingerprint density at radius 2 is 2.31 bits per heavy atom. The first-order valence-electron chi connectivity index (χ1n) is 3.49. The van der Waals surface area contributed by atoms with E-state index in [4.69, 9.17) is 0 Å². The Balaban J connectivity index is -0.000000605. The fraction of sp³-hybridized carbons (Fsp3) is 0.800. The molecule has 13 heavy (non-hydrogen) atoms. The zero-order chi connectivity index (χ0) is 9.40. The summed E-state index contributed by atoms with van der Waals surface area (Å²) in [6.07, 6.45) is 1.73. The fourth-order valence-electron chi connectivity index (χ4n) is 0.392. The summed E-state index contributed by atoms with van der Waals surface area (Å²) >= 11 is 0. The van der Waals surface area contributed by atoms with E-state index >= 15 is 0 Å². The minimum Gasteiger partial charge on any atom is -1.00 e. The molecule has 0 aliphatic carbocycles. The third kappa shape index (κ3) is 12.3. The second kappa shape index (κ2) is 10.4. The van der Waals surface area contributed by atoms with Crippen molar-refractivity contribution in [3.63, 3.8) is 0 Å². The minimum absolute atomic E-state index is 0. The molecular weight excluding hydrogens is 206 g/mol. The van der Waals surface area contributed by atoms with Gasteiger partial charge in [0.05, 0.1) is 0 Å². The van der Waals surface area contributed by atoms with Gasteiger partial charge in [0.15, 0.2) is 0 Å². The van der Waals surface area contributed by atoms with E-state index in [0.29, 0.717) is 6.61 Å². The smallest absolute Gasteiger partial charge is 1.00 e. The van der Waals surface area contributed by atoms with Gasteiger partial charge in [-0.1, -0.05) is 13.3 Å². The second-order valence-electron chi connectivity index (χ2n) is 1.97. The molecule has 0 fully saturated rings. The Morgan fingerprint density at radius 1 is 1.69 bits per heavy atom. The van der Waals surface area contributed by atoms with Crippen LogP contribution in [0, 0.1) is 0 Å². The third-order valence-corrected chi connectivity index (χ3v) is 1.55. The van der Waals surface area contributed by atoms with Crippen molar-refractivity contribution in [2.24, 2.45) is 5.73 Å². The topological polar surface area (TPSA) is 90.7 Å². The number of rotatable bonds is 6. The largest absolute Gasteiger partial charge is 1.00 e. The summed E-state index contributed by atoms with van der Waals surface area (Å²) in [6, 6.07) is -0.905. The molecule has 72 valence electrons. The van der Waals surface area contributed by atoms with Crippen molar-refractivity contribution < 1.29 is 49.5 Å². The summed E-state index contributed by atoms with van der Waals surface area (Å²) in [5, 5.41) is 0. The monoisotopic (exact) mass is 219 g/mol. The molecule has 1 atom stereocenters. The van der Waals surface area contributed by atoms with Crippen LogP contribution in [0.5, 0.6) is 0 Å². The average Bonchev–Trinajstić information content (AvgIpc) is 2.01. The van der Waals surface area contributed by atoms with Crippen molar-refractivity contribution in [1.29, 1.82) is 0 Å². The maximum atomic E-state index is 10.7. The minimum atomic E-state index is -2.29. The van der Waals surface area contributed by atoms with Crippen LogP contribution in [0.25, 0.3) is 0 Å². The molecule has 0 aromatic rings. The molecular formula is C5H13N2NaO4P+. The molecule has 0 radical (unpaired) electrons. The number of urea groups is 1. The molecule has 0 saturated heterocycles. The maximum Gasteiger partial charge on any atom is 1.00 e. The van der Waals surface area contributed by atoms with Crippen molar-refractivity contribution in [3.05, 3.63) is 0 Å². The number of primary amides is 1. The Labute approximate surface area is 101 Å². The summed E-state index contributed by atoms with van der Waals surface area (Å²) in [4.78, 5) is 10.0. The predicted molar refractivity (Wildman–Crippen MR) is 43.4 cm³/mol. The van der Waals surface area contributed by atoms with E-state index in [2.05, 4.69) is 14.9 Å². The van der Waals surface area contributed by atoms with Crippen LogP contribution in [0.4, 0.5) is 4.79 Å². The van der Waals surface area contributed by atoms with Gasteiger partial charge in [0.1, 0.15) is 6.61 Å². The molecule has 0 saturated carbocycles. The molecule has 3 N–H and O–H groups in total. The molecule has 0 aliphatic rings. The van der Waals surface area contributed by atoms with Gasteiger partial charge in [-0.3, -0.25) is 0 Å². The van der Waals surface area contributed by atoms with Crippen LogP contribution in [0.15, 0.2) is 0 Å². The first-order chi connectivity index (χ1) is 5.66. The van der Waals surface area contributed by atoms with E-state index in [9.17, 15) is 9.36 Å². The third-order valence-electron chi connectivity index (χ3n) is 0.915. The summed E-state index contributed by atoms with van der Waals surface area (Å²) in [5.74, 6) is 0. The number of amides is 2. The average molecular weight is 219 g/mol. The molecule has 1 unspecified atom stereocenters. The maximum absolute atomic E-state index is 10.7. The molecule has 2 amide bonds. The summed E-state index contributed by atoms with van der Waals surface area (Å²) < 4.78 is 19.5. The van der Waals surface area contributed by atoms with Gasteiger partial charge in [-0.15, -0.1) is 4.52 Å². The van der Waals surface area contributed by atoms with Gasteiger partial charge < -0.3 is 7.16 Å². The van der Waals surface area contributed by atoms with E-state index in [1.165, 1.54) is 0 Å². The zero-order valence-electron chi connectivity index (χ0n) is 8.78. The molecule has 8 heteroatoms. The number of hydrogen-bond donors (Lipinski definition) is 2. The quantitative estimate of drug-likeness (QED) is 0.238. The molecule has 0 aliphatic heterocycles. The molecule has 0 spiro atoms. The molecule has 0 aromatic carbocycles. The van der Waals surface area contributed by atoms with Crippen LogP contribution < -0.4 is 40.8 Å². The van der Waals surface area contributed by atoms with E-state index in [1.54, 1.807) is 5.48 Å². The van der Waals surface area contributed by atoms with Gasteiger partial charge in [0.25, 0.3) is 0 Å². The van der Waals surface area contributed by atoms with E-state index < -0.39 is 14.3 Å². The first kappa shape index (κ1) is 15.7. The van der Waals surface area contributed by atoms with Crippen LogP contribution in [-0.2, 0) is 13.7 Å². The van der Waals surface area contributed by atoms with Crippen LogP contribution in [0.1, 0.15) is 21.2 Å². The van der Waals surface area contributed by atoms with Crippen molar-refractivity contribution in [2.75, 3.05) is 6.61 Å². The molecule has 0 rings (SSSR count). The van der Waals surface area contributed by atoms with Crippen molar-refractivity contribution in [1.82, 2.24) is 5.48 Å². The number of nitrogens with one attached hydrogen (secondary N) is 1. The summed E-state index contributed by atoms with van der Waals surface area (Å²) in [5.41, 5.74) is 6.34. The van der Waals surface area contributed by atoms with Gasteiger partial charge in [-0.05, 0) is 6.42 Å². The Morgan fingerprint density at radius 3 is 2.77 bits per heavy atom. The van der Waals surface area contributed by atoms with E-state index in [1.807, 2.05) is 6.92 Å².